The topological polar surface area (TPSA) is 114 Å². The lowest BCUT2D eigenvalue weighted by Gasteiger charge is -2.30. The van der Waals surface area contributed by atoms with Crippen molar-refractivity contribution in [1.29, 1.82) is 0 Å². The molecule has 0 fully saturated rings. The Balaban J connectivity index is 5.13. The van der Waals surface area contributed by atoms with E-state index in [4.69, 9.17) is 13.8 Å². The molecule has 3 unspecified atom stereocenters. The SMILES string of the molecule is CC/C=C\C/C=C\C/C=C\C/C=C\C/C=C\C/C=C\CCC(=O)NC(COP(=O)([O-])OCC[N+](C)(C)C)C(/C=C\CCCCCCCCCCC)OC(=O)CCCCCCCCCCCCCCCC/C=C\C/C=C\C/C=C\CCCCC. The van der Waals surface area contributed by atoms with E-state index in [1.807, 2.05) is 45.4 Å². The summed E-state index contributed by atoms with van der Waals surface area (Å²) >= 11 is 0. The fourth-order valence-electron chi connectivity index (χ4n) is 9.20. The van der Waals surface area contributed by atoms with E-state index in [9.17, 15) is 19.0 Å². The lowest BCUT2D eigenvalue weighted by Crippen LogP contribution is -2.47. The number of phosphoric ester groups is 1. The fourth-order valence-corrected chi connectivity index (χ4v) is 9.92. The minimum Gasteiger partial charge on any atom is -0.756 e. The lowest BCUT2D eigenvalue weighted by atomic mass is 10.0. The van der Waals surface area contributed by atoms with Crippen LogP contribution in [0.3, 0.4) is 0 Å². The molecule has 476 valence electrons. The molecule has 0 radical (unpaired) electrons. The van der Waals surface area contributed by atoms with E-state index in [1.54, 1.807) is 0 Å². The third-order valence-corrected chi connectivity index (χ3v) is 15.4. The first-order chi connectivity index (χ1) is 40.4. The van der Waals surface area contributed by atoms with E-state index in [-0.39, 0.29) is 31.3 Å². The van der Waals surface area contributed by atoms with Crippen molar-refractivity contribution in [2.45, 2.75) is 290 Å². The largest absolute Gasteiger partial charge is 0.756 e. The molecule has 0 saturated carbocycles. The Morgan fingerprint density at radius 2 is 0.783 bits per heavy atom. The summed E-state index contributed by atoms with van der Waals surface area (Å²) in [5.74, 6) is -0.643. The molecular weight excluding hydrogens is 1050 g/mol. The van der Waals surface area contributed by atoms with Gasteiger partial charge in [-0.2, -0.15) is 0 Å². The highest BCUT2D eigenvalue weighted by Crippen LogP contribution is 2.38. The summed E-state index contributed by atoms with van der Waals surface area (Å²) in [5, 5.41) is 2.98. The number of hydrogen-bond donors (Lipinski definition) is 1. The Labute approximate surface area is 512 Å². The van der Waals surface area contributed by atoms with Crippen molar-refractivity contribution in [3.8, 4) is 0 Å². The maximum Gasteiger partial charge on any atom is 0.306 e. The van der Waals surface area contributed by atoms with Gasteiger partial charge in [0.25, 0.3) is 7.82 Å². The van der Waals surface area contributed by atoms with Crippen LogP contribution in [0.1, 0.15) is 278 Å². The molecule has 0 heterocycles. The number of likely N-dealkylation sites (N-methyl/N-ethyl adjacent to an activating group) is 1. The maximum atomic E-state index is 13.5. The zero-order valence-corrected chi connectivity index (χ0v) is 55.3. The van der Waals surface area contributed by atoms with Crippen molar-refractivity contribution in [2.75, 3.05) is 40.9 Å². The Kier molecular flexibility index (Phi) is 58.8. The highest BCUT2D eigenvalue weighted by molar-refractivity contribution is 7.45. The summed E-state index contributed by atoms with van der Waals surface area (Å²) < 4.78 is 30.3. The number of esters is 1. The van der Waals surface area contributed by atoms with Crippen LogP contribution in [0, 0.1) is 0 Å². The summed E-state index contributed by atoms with van der Waals surface area (Å²) in [6.45, 7) is 6.64. The summed E-state index contributed by atoms with van der Waals surface area (Å²) in [6.07, 6.45) is 86.3. The van der Waals surface area contributed by atoms with Crippen molar-refractivity contribution in [1.82, 2.24) is 5.32 Å². The second-order valence-corrected chi connectivity index (χ2v) is 25.0. The Morgan fingerprint density at radius 1 is 0.434 bits per heavy atom. The van der Waals surface area contributed by atoms with Gasteiger partial charge >= 0.3 is 5.97 Å². The number of phosphoric acid groups is 1. The van der Waals surface area contributed by atoms with Crippen LogP contribution in [0.25, 0.3) is 0 Å². The molecule has 0 saturated heterocycles. The van der Waals surface area contributed by atoms with Crippen LogP contribution in [0.4, 0.5) is 0 Å². The van der Waals surface area contributed by atoms with Crippen LogP contribution in [-0.4, -0.2) is 69.4 Å². The molecule has 0 aromatic heterocycles. The van der Waals surface area contributed by atoms with Crippen molar-refractivity contribution >= 4 is 19.7 Å². The van der Waals surface area contributed by atoms with Crippen molar-refractivity contribution in [3.63, 3.8) is 0 Å². The molecule has 0 aromatic rings. The molecule has 0 aliphatic carbocycles. The van der Waals surface area contributed by atoms with Crippen LogP contribution >= 0.6 is 7.82 Å². The van der Waals surface area contributed by atoms with Gasteiger partial charge in [-0.3, -0.25) is 14.2 Å². The number of nitrogens with zero attached hydrogens (tertiary/aromatic N) is 1. The lowest BCUT2D eigenvalue weighted by molar-refractivity contribution is -0.870. The first-order valence-corrected chi connectivity index (χ1v) is 35.3. The zero-order valence-electron chi connectivity index (χ0n) is 54.4. The maximum absolute atomic E-state index is 13.5. The average molecular weight is 1180 g/mol. The summed E-state index contributed by atoms with van der Waals surface area (Å²) in [7, 11) is 1.13. The predicted octanol–water partition coefficient (Wildman–Crippen LogP) is 20.8. The second kappa shape index (κ2) is 61.5. The van der Waals surface area contributed by atoms with E-state index < -0.39 is 26.6 Å². The molecule has 83 heavy (non-hydrogen) atoms. The normalized spacial score (nSPS) is 14.3. The standard InChI is InChI=1S/C73H127N2O7P/c1-7-10-13-16-19-22-25-27-29-31-33-34-35-36-37-38-39-40-42-44-46-48-51-54-57-60-63-66-73(77)82-71(64-61-58-55-52-49-24-21-18-15-12-9-3)70(69-81-83(78,79)80-68-67-75(4,5)6)74-72(76)65-62-59-56-53-50-47-45-43-41-32-30-28-26-23-20-17-14-11-8-2/h11,14,19-20,22-23,27-30,33-34,41,43,47,50,56,59,61,64,70-71H,7-10,12-13,15-18,21,24-26,31-32,35-40,42,44-46,48-49,51-55,57-58,60,62-63,65-69H2,1-6H3,(H-,74,76,78,79)/b14-11-,22-19-,23-20-,29-27-,30-28-,34-33-,43-41-,50-47-,59-56-,64-61-. The van der Waals surface area contributed by atoms with Crippen molar-refractivity contribution in [3.05, 3.63) is 122 Å². The number of amides is 1. The van der Waals surface area contributed by atoms with Gasteiger partial charge < -0.3 is 28.5 Å². The van der Waals surface area contributed by atoms with Gasteiger partial charge in [-0.15, -0.1) is 0 Å². The molecule has 9 nitrogen and oxygen atoms in total. The van der Waals surface area contributed by atoms with E-state index in [1.165, 1.54) is 141 Å². The van der Waals surface area contributed by atoms with Crippen LogP contribution in [-0.2, 0) is 27.9 Å². The molecule has 1 N–H and O–H groups in total. The third kappa shape index (κ3) is 62.8. The minimum atomic E-state index is -4.73. The minimum absolute atomic E-state index is 0.0413. The molecule has 1 amide bonds. The van der Waals surface area contributed by atoms with E-state index >= 15 is 0 Å². The number of carbonyl (C=O) groups is 2. The molecule has 10 heteroatoms. The van der Waals surface area contributed by atoms with Crippen LogP contribution < -0.4 is 10.2 Å². The van der Waals surface area contributed by atoms with E-state index in [2.05, 4.69) is 123 Å². The van der Waals surface area contributed by atoms with E-state index in [0.29, 0.717) is 23.9 Å². The Morgan fingerprint density at radius 3 is 1.20 bits per heavy atom. The van der Waals surface area contributed by atoms with Gasteiger partial charge in [0.1, 0.15) is 19.3 Å². The van der Waals surface area contributed by atoms with Gasteiger partial charge in [-0.05, 0) is 109 Å². The Bertz CT molecular complexity index is 1830. The third-order valence-electron chi connectivity index (χ3n) is 14.4. The van der Waals surface area contributed by atoms with E-state index in [0.717, 1.165) is 89.9 Å². The molecule has 3 atom stereocenters. The monoisotopic (exact) mass is 1170 g/mol. The van der Waals surface area contributed by atoms with Crippen molar-refractivity contribution < 1.29 is 37.3 Å². The number of unbranched alkanes of at least 4 members (excludes halogenated alkanes) is 26. The summed E-state index contributed by atoms with van der Waals surface area (Å²) in [6, 6.07) is -0.936. The molecule has 0 aliphatic heterocycles. The molecular formula is C73H127N2O7P. The summed E-state index contributed by atoms with van der Waals surface area (Å²) in [4.78, 5) is 40.0. The molecule has 0 aromatic carbocycles. The van der Waals surface area contributed by atoms with Crippen LogP contribution in [0.15, 0.2) is 122 Å². The van der Waals surface area contributed by atoms with Crippen LogP contribution in [0.5, 0.6) is 0 Å². The second-order valence-electron chi connectivity index (χ2n) is 23.6. The highest BCUT2D eigenvalue weighted by Gasteiger charge is 2.27. The van der Waals surface area contributed by atoms with Gasteiger partial charge in [-0.1, -0.05) is 277 Å². The van der Waals surface area contributed by atoms with Gasteiger partial charge in [0.05, 0.1) is 33.8 Å². The quantitative estimate of drug-likeness (QED) is 0.0212. The average Bonchev–Trinajstić information content (AvgIpc) is 3.52. The smallest absolute Gasteiger partial charge is 0.306 e. The highest BCUT2D eigenvalue weighted by atomic mass is 31.2. The van der Waals surface area contributed by atoms with Gasteiger partial charge in [0.15, 0.2) is 0 Å². The number of carbonyl (C=O) groups excluding carboxylic acids is 2. The van der Waals surface area contributed by atoms with Crippen molar-refractivity contribution in [2.24, 2.45) is 0 Å². The number of ether oxygens (including phenoxy) is 1. The number of quaternary nitrogens is 1. The van der Waals surface area contributed by atoms with Gasteiger partial charge in [0.2, 0.25) is 5.91 Å². The first kappa shape index (κ1) is 79.4. The first-order valence-electron chi connectivity index (χ1n) is 33.8. The number of allylic oxidation sites excluding steroid dienone is 19. The van der Waals surface area contributed by atoms with Gasteiger partial charge in [-0.25, -0.2) is 0 Å². The number of hydrogen-bond acceptors (Lipinski definition) is 7. The van der Waals surface area contributed by atoms with Gasteiger partial charge in [0, 0.05) is 12.8 Å². The molecule has 0 aliphatic rings. The zero-order chi connectivity index (χ0) is 60.7. The summed E-state index contributed by atoms with van der Waals surface area (Å²) in [5.41, 5.74) is 0. The fraction of sp³-hybridized carbons (Fsp3) is 0.699. The van der Waals surface area contributed by atoms with Crippen LogP contribution in [0.2, 0.25) is 0 Å². The molecule has 0 spiro atoms. The number of rotatable bonds is 60. The Hall–Kier alpha value is -3.59. The molecule has 0 bridgehead atoms. The predicted molar refractivity (Wildman–Crippen MR) is 357 cm³/mol. The number of nitrogens with one attached hydrogen (secondary N) is 1. The molecule has 0 rings (SSSR count).